The van der Waals surface area contributed by atoms with E-state index in [1.165, 1.54) is 12.3 Å². The average Bonchev–Trinajstić information content (AvgIpc) is 3.21. The van der Waals surface area contributed by atoms with Crippen LogP contribution >= 0.6 is 0 Å². The van der Waals surface area contributed by atoms with Crippen molar-refractivity contribution in [1.29, 1.82) is 0 Å². The standard InChI is InChI=1S/C19H18N4O4/c1-2-26-18(25)13-5-7-14(8-6-13)22-19-20-10-9-16(23-19)17(24)21-12-15-4-3-11-27-15/h3-11H,2,12H2,1H3,(H,21,24)(H,20,22,23). The van der Waals surface area contributed by atoms with E-state index in [0.29, 0.717) is 23.6 Å². The van der Waals surface area contributed by atoms with Gasteiger partial charge in [-0.3, -0.25) is 4.79 Å². The van der Waals surface area contributed by atoms with E-state index in [-0.39, 0.29) is 30.1 Å². The van der Waals surface area contributed by atoms with Crippen molar-refractivity contribution in [3.63, 3.8) is 0 Å². The van der Waals surface area contributed by atoms with Gasteiger partial charge in [0.05, 0.1) is 25.0 Å². The zero-order valence-electron chi connectivity index (χ0n) is 14.6. The van der Waals surface area contributed by atoms with E-state index in [9.17, 15) is 9.59 Å². The molecule has 0 saturated heterocycles. The fourth-order valence-corrected chi connectivity index (χ4v) is 2.25. The van der Waals surface area contributed by atoms with Crippen molar-refractivity contribution in [2.75, 3.05) is 11.9 Å². The summed E-state index contributed by atoms with van der Waals surface area (Å²) in [7, 11) is 0. The number of rotatable bonds is 7. The van der Waals surface area contributed by atoms with Crippen LogP contribution in [0.2, 0.25) is 0 Å². The largest absolute Gasteiger partial charge is 0.467 e. The second kappa shape index (κ2) is 8.61. The third kappa shape index (κ3) is 4.91. The number of nitrogens with one attached hydrogen (secondary N) is 2. The molecule has 27 heavy (non-hydrogen) atoms. The Balaban J connectivity index is 1.63. The highest BCUT2D eigenvalue weighted by atomic mass is 16.5. The van der Waals surface area contributed by atoms with Gasteiger partial charge >= 0.3 is 5.97 Å². The molecule has 2 heterocycles. The van der Waals surface area contributed by atoms with Gasteiger partial charge in [-0.05, 0) is 49.4 Å². The molecule has 138 valence electrons. The van der Waals surface area contributed by atoms with Gasteiger partial charge in [0.25, 0.3) is 5.91 Å². The molecule has 0 bridgehead atoms. The van der Waals surface area contributed by atoms with E-state index in [0.717, 1.165) is 0 Å². The number of anilines is 2. The van der Waals surface area contributed by atoms with Gasteiger partial charge in [0.2, 0.25) is 5.95 Å². The molecule has 3 rings (SSSR count). The first kappa shape index (κ1) is 18.1. The Morgan fingerprint density at radius 1 is 1.15 bits per heavy atom. The molecule has 0 unspecified atom stereocenters. The number of hydrogen-bond donors (Lipinski definition) is 2. The smallest absolute Gasteiger partial charge is 0.338 e. The summed E-state index contributed by atoms with van der Waals surface area (Å²) >= 11 is 0. The molecule has 0 saturated carbocycles. The maximum absolute atomic E-state index is 12.2. The number of ether oxygens (including phenoxy) is 1. The molecular weight excluding hydrogens is 348 g/mol. The topological polar surface area (TPSA) is 106 Å². The summed E-state index contributed by atoms with van der Waals surface area (Å²) in [5, 5.41) is 5.72. The number of nitrogens with zero attached hydrogens (tertiary/aromatic N) is 2. The van der Waals surface area contributed by atoms with Crippen LogP contribution < -0.4 is 10.6 Å². The van der Waals surface area contributed by atoms with Crippen molar-refractivity contribution in [2.24, 2.45) is 0 Å². The maximum Gasteiger partial charge on any atom is 0.338 e. The molecule has 0 aliphatic rings. The molecule has 8 heteroatoms. The van der Waals surface area contributed by atoms with E-state index >= 15 is 0 Å². The number of esters is 1. The fraction of sp³-hybridized carbons (Fsp3) is 0.158. The molecule has 1 amide bonds. The molecule has 0 aliphatic heterocycles. The predicted molar refractivity (Wildman–Crippen MR) is 97.6 cm³/mol. The monoisotopic (exact) mass is 366 g/mol. The Morgan fingerprint density at radius 2 is 1.96 bits per heavy atom. The number of carbonyl (C=O) groups excluding carboxylic acids is 2. The van der Waals surface area contributed by atoms with Gasteiger partial charge in [0.15, 0.2) is 0 Å². The summed E-state index contributed by atoms with van der Waals surface area (Å²) in [5.41, 5.74) is 1.35. The number of hydrogen-bond acceptors (Lipinski definition) is 7. The Hall–Kier alpha value is -3.68. The van der Waals surface area contributed by atoms with Gasteiger partial charge < -0.3 is 19.8 Å². The summed E-state index contributed by atoms with van der Waals surface area (Å²) in [5.74, 6) is 0.201. The van der Waals surface area contributed by atoms with Gasteiger partial charge in [-0.25, -0.2) is 14.8 Å². The lowest BCUT2D eigenvalue weighted by atomic mass is 10.2. The lowest BCUT2D eigenvalue weighted by Crippen LogP contribution is -2.23. The minimum absolute atomic E-state index is 0.224. The van der Waals surface area contributed by atoms with Crippen LogP contribution in [-0.2, 0) is 11.3 Å². The SMILES string of the molecule is CCOC(=O)c1ccc(Nc2nccc(C(=O)NCc3ccco3)n2)cc1. The summed E-state index contributed by atoms with van der Waals surface area (Å²) in [6.45, 7) is 2.35. The number of aromatic nitrogens is 2. The van der Waals surface area contributed by atoms with E-state index in [4.69, 9.17) is 9.15 Å². The average molecular weight is 366 g/mol. The number of benzene rings is 1. The highest BCUT2D eigenvalue weighted by Crippen LogP contribution is 2.15. The highest BCUT2D eigenvalue weighted by molar-refractivity contribution is 5.92. The summed E-state index contributed by atoms with van der Waals surface area (Å²) in [4.78, 5) is 32.2. The van der Waals surface area contributed by atoms with E-state index in [2.05, 4.69) is 20.6 Å². The summed E-state index contributed by atoms with van der Waals surface area (Å²) < 4.78 is 10.1. The molecule has 0 fully saturated rings. The maximum atomic E-state index is 12.2. The third-order valence-electron chi connectivity index (χ3n) is 3.54. The third-order valence-corrected chi connectivity index (χ3v) is 3.54. The number of amides is 1. The Bertz CT molecular complexity index is 908. The van der Waals surface area contributed by atoms with Crippen molar-refractivity contribution < 1.29 is 18.7 Å². The van der Waals surface area contributed by atoms with E-state index in [1.807, 2.05) is 0 Å². The van der Waals surface area contributed by atoms with Crippen LogP contribution in [0.25, 0.3) is 0 Å². The molecular formula is C19H18N4O4. The fourth-order valence-electron chi connectivity index (χ4n) is 2.25. The van der Waals surface area contributed by atoms with Gasteiger partial charge in [-0.1, -0.05) is 0 Å². The van der Waals surface area contributed by atoms with E-state index in [1.54, 1.807) is 49.6 Å². The minimum atomic E-state index is -0.379. The van der Waals surface area contributed by atoms with Crippen LogP contribution in [0.3, 0.4) is 0 Å². The van der Waals surface area contributed by atoms with Crippen molar-refractivity contribution in [3.05, 3.63) is 71.9 Å². The Morgan fingerprint density at radius 3 is 2.67 bits per heavy atom. The van der Waals surface area contributed by atoms with Crippen LogP contribution in [0.1, 0.15) is 33.5 Å². The molecule has 2 aromatic heterocycles. The zero-order chi connectivity index (χ0) is 19.1. The Kier molecular flexibility index (Phi) is 5.78. The van der Waals surface area contributed by atoms with Crippen LogP contribution in [-0.4, -0.2) is 28.5 Å². The predicted octanol–water partition coefficient (Wildman–Crippen LogP) is 2.92. The second-order valence-electron chi connectivity index (χ2n) is 5.45. The van der Waals surface area contributed by atoms with Gasteiger partial charge in [0.1, 0.15) is 11.5 Å². The van der Waals surface area contributed by atoms with Crippen molar-refractivity contribution in [3.8, 4) is 0 Å². The first-order chi connectivity index (χ1) is 13.2. The molecule has 1 aromatic carbocycles. The molecule has 0 aliphatic carbocycles. The molecule has 2 N–H and O–H groups in total. The molecule has 0 spiro atoms. The Labute approximate surface area is 155 Å². The molecule has 8 nitrogen and oxygen atoms in total. The second-order valence-corrected chi connectivity index (χ2v) is 5.45. The van der Waals surface area contributed by atoms with Gasteiger partial charge in [-0.2, -0.15) is 0 Å². The van der Waals surface area contributed by atoms with Gasteiger partial charge in [0, 0.05) is 11.9 Å². The lowest BCUT2D eigenvalue weighted by Gasteiger charge is -2.08. The normalized spacial score (nSPS) is 10.3. The molecule has 0 radical (unpaired) electrons. The van der Waals surface area contributed by atoms with Crippen LogP contribution in [0.15, 0.2) is 59.3 Å². The van der Waals surface area contributed by atoms with Gasteiger partial charge in [-0.15, -0.1) is 0 Å². The van der Waals surface area contributed by atoms with Crippen molar-refractivity contribution >= 4 is 23.5 Å². The van der Waals surface area contributed by atoms with Crippen LogP contribution in [0.5, 0.6) is 0 Å². The van der Waals surface area contributed by atoms with Crippen LogP contribution in [0, 0.1) is 0 Å². The van der Waals surface area contributed by atoms with Crippen molar-refractivity contribution in [1.82, 2.24) is 15.3 Å². The first-order valence-corrected chi connectivity index (χ1v) is 8.33. The summed E-state index contributed by atoms with van der Waals surface area (Å²) in [6, 6.07) is 11.7. The van der Waals surface area contributed by atoms with E-state index < -0.39 is 0 Å². The minimum Gasteiger partial charge on any atom is -0.467 e. The molecule has 0 atom stereocenters. The zero-order valence-corrected chi connectivity index (χ0v) is 14.6. The lowest BCUT2D eigenvalue weighted by molar-refractivity contribution is 0.0526. The molecule has 3 aromatic rings. The quantitative estimate of drug-likeness (QED) is 0.619. The van der Waals surface area contributed by atoms with Crippen LogP contribution in [0.4, 0.5) is 11.6 Å². The highest BCUT2D eigenvalue weighted by Gasteiger charge is 2.10. The van der Waals surface area contributed by atoms with Crippen molar-refractivity contribution in [2.45, 2.75) is 13.5 Å². The first-order valence-electron chi connectivity index (χ1n) is 8.33. The number of carbonyl (C=O) groups is 2. The summed E-state index contributed by atoms with van der Waals surface area (Å²) in [6.07, 6.45) is 3.03. The number of furan rings is 1.